The highest BCUT2D eigenvalue weighted by atomic mass is 19.1. The number of halogens is 1. The van der Waals surface area contributed by atoms with Crippen molar-refractivity contribution in [1.29, 1.82) is 0 Å². The average Bonchev–Trinajstić information content (AvgIpc) is 3.48. The molecule has 0 saturated carbocycles. The third kappa shape index (κ3) is 3.46. The van der Waals surface area contributed by atoms with Crippen LogP contribution in [-0.4, -0.2) is 79.4 Å². The molecule has 5 rings (SSSR count). The molecule has 0 aromatic heterocycles. The number of carbonyl (C=O) groups excluding carboxylic acids is 1. The highest BCUT2D eigenvalue weighted by molar-refractivity contribution is 6.12. The molecular weight excluding hydrogens is 389 g/mol. The Morgan fingerprint density at radius 3 is 3.00 bits per heavy atom. The topological polar surface area (TPSA) is 78.8 Å². The van der Waals surface area contributed by atoms with Gasteiger partial charge >= 0.3 is 0 Å². The zero-order valence-corrected chi connectivity index (χ0v) is 17.6. The van der Waals surface area contributed by atoms with Gasteiger partial charge < -0.3 is 14.4 Å². The van der Waals surface area contributed by atoms with E-state index in [9.17, 15) is 9.18 Å². The second-order valence-electron chi connectivity index (χ2n) is 9.05. The molecule has 8 nitrogen and oxygen atoms in total. The van der Waals surface area contributed by atoms with Gasteiger partial charge in [0.25, 0.3) is 5.95 Å². The summed E-state index contributed by atoms with van der Waals surface area (Å²) in [5.41, 5.74) is 4.51. The molecule has 30 heavy (non-hydrogen) atoms. The van der Waals surface area contributed by atoms with Crippen LogP contribution < -0.4 is 5.43 Å². The number of hydrogen-bond donors (Lipinski definition) is 1. The van der Waals surface area contributed by atoms with Gasteiger partial charge in [0.2, 0.25) is 5.91 Å². The molecule has 1 N–H and O–H groups in total. The molecule has 0 aromatic rings. The van der Waals surface area contributed by atoms with Crippen molar-refractivity contribution < 1.29 is 18.7 Å². The first kappa shape index (κ1) is 20.1. The SMILES string of the molecule is COC1=C(F)N=CC(C2CC(C)C3C(=O)N(C4CCN([C@H]5CCOC5)N4)CC3=N2)C1. The van der Waals surface area contributed by atoms with Crippen LogP contribution in [0.5, 0.6) is 0 Å². The molecule has 5 unspecified atom stereocenters. The van der Waals surface area contributed by atoms with Gasteiger partial charge in [0, 0.05) is 43.5 Å². The van der Waals surface area contributed by atoms with Gasteiger partial charge in [0.15, 0.2) is 5.76 Å². The van der Waals surface area contributed by atoms with Gasteiger partial charge in [-0.15, -0.1) is 0 Å². The van der Waals surface area contributed by atoms with Crippen LogP contribution in [0.25, 0.3) is 0 Å². The highest BCUT2D eigenvalue weighted by Crippen LogP contribution is 2.38. The monoisotopic (exact) mass is 419 g/mol. The lowest BCUT2D eigenvalue weighted by atomic mass is 9.79. The average molecular weight is 420 g/mol. The molecule has 5 aliphatic heterocycles. The number of allylic oxidation sites excluding steroid dienone is 1. The predicted octanol–water partition coefficient (Wildman–Crippen LogP) is 1.50. The minimum Gasteiger partial charge on any atom is -0.496 e. The molecule has 5 aliphatic rings. The second-order valence-corrected chi connectivity index (χ2v) is 9.05. The predicted molar refractivity (Wildman–Crippen MR) is 109 cm³/mol. The summed E-state index contributed by atoms with van der Waals surface area (Å²) >= 11 is 0. The summed E-state index contributed by atoms with van der Waals surface area (Å²) in [5.74, 6) is -0.00959. The third-order valence-corrected chi connectivity index (χ3v) is 7.21. The summed E-state index contributed by atoms with van der Waals surface area (Å²) in [6.07, 6.45) is 4.89. The molecule has 164 valence electrons. The molecule has 9 heteroatoms. The number of methoxy groups -OCH3 is 1. The first-order valence-corrected chi connectivity index (χ1v) is 11.0. The number of hydrogen-bond acceptors (Lipinski definition) is 7. The minimum atomic E-state index is -0.546. The number of fused-ring (bicyclic) bond motifs is 1. The number of nitrogens with one attached hydrogen (secondary N) is 1. The van der Waals surface area contributed by atoms with Crippen LogP contribution in [0.1, 0.15) is 32.6 Å². The quantitative estimate of drug-likeness (QED) is 0.699. The van der Waals surface area contributed by atoms with E-state index in [1.807, 2.05) is 4.90 Å². The third-order valence-electron chi connectivity index (χ3n) is 7.21. The number of ether oxygens (including phenoxy) is 2. The number of likely N-dealkylation sites (tertiary alicyclic amines) is 1. The number of nitrogens with zero attached hydrogens (tertiary/aromatic N) is 4. The van der Waals surface area contributed by atoms with Gasteiger partial charge in [-0.3, -0.25) is 9.79 Å². The Bertz CT molecular complexity index is 794. The summed E-state index contributed by atoms with van der Waals surface area (Å²) in [5, 5.41) is 2.24. The molecule has 3 fully saturated rings. The molecule has 1 amide bonds. The molecule has 3 saturated heterocycles. The van der Waals surface area contributed by atoms with Crippen LogP contribution in [0.4, 0.5) is 4.39 Å². The van der Waals surface area contributed by atoms with E-state index >= 15 is 0 Å². The Morgan fingerprint density at radius 1 is 1.37 bits per heavy atom. The number of rotatable bonds is 4. The largest absolute Gasteiger partial charge is 0.496 e. The zero-order chi connectivity index (χ0) is 20.8. The fourth-order valence-electron chi connectivity index (χ4n) is 5.53. The number of carbonyl (C=O) groups is 1. The fraction of sp³-hybridized carbons (Fsp3) is 0.762. The maximum Gasteiger partial charge on any atom is 0.250 e. The van der Waals surface area contributed by atoms with Gasteiger partial charge in [-0.2, -0.15) is 4.39 Å². The van der Waals surface area contributed by atoms with E-state index in [4.69, 9.17) is 14.5 Å². The molecule has 0 spiro atoms. The van der Waals surface area contributed by atoms with E-state index in [1.165, 1.54) is 7.11 Å². The first-order valence-electron chi connectivity index (χ1n) is 11.0. The number of aliphatic imine (C=N–C) groups is 2. The van der Waals surface area contributed by atoms with Crippen molar-refractivity contribution in [3.63, 3.8) is 0 Å². The Balaban J connectivity index is 1.29. The molecule has 0 aromatic carbocycles. The maximum atomic E-state index is 13.8. The lowest BCUT2D eigenvalue weighted by Gasteiger charge is -2.32. The van der Waals surface area contributed by atoms with Crippen molar-refractivity contribution in [1.82, 2.24) is 15.3 Å². The fourth-order valence-corrected chi connectivity index (χ4v) is 5.53. The van der Waals surface area contributed by atoms with Crippen molar-refractivity contribution >= 4 is 17.8 Å². The summed E-state index contributed by atoms with van der Waals surface area (Å²) in [6.45, 7) is 5.19. The van der Waals surface area contributed by atoms with Crippen molar-refractivity contribution in [2.24, 2.45) is 27.7 Å². The Morgan fingerprint density at radius 2 is 2.23 bits per heavy atom. The molecule has 0 radical (unpaired) electrons. The summed E-state index contributed by atoms with van der Waals surface area (Å²) in [4.78, 5) is 24.1. The van der Waals surface area contributed by atoms with Crippen LogP contribution in [0.3, 0.4) is 0 Å². The van der Waals surface area contributed by atoms with Gasteiger partial charge in [0.1, 0.15) is 0 Å². The molecule has 0 aliphatic carbocycles. The zero-order valence-electron chi connectivity index (χ0n) is 17.6. The van der Waals surface area contributed by atoms with Gasteiger partial charge in [-0.25, -0.2) is 15.4 Å². The Labute approximate surface area is 176 Å². The molecule has 5 heterocycles. The summed E-state index contributed by atoms with van der Waals surface area (Å²) < 4.78 is 24.4. The standard InChI is InChI=1S/C21H30FN5O3/c1-12-7-15(13-8-17(29-2)20(22)23-9-13)24-16-10-26(21(28)19(12)16)18-3-5-27(25-18)14-4-6-30-11-14/h9,12-15,18-19,25H,3-8,10-11H2,1-2H3/t12?,13?,14-,15?,18?,19?/m0/s1. The van der Waals surface area contributed by atoms with Crippen molar-refractivity contribution in [3.05, 3.63) is 11.7 Å². The van der Waals surface area contributed by atoms with Gasteiger partial charge in [-0.1, -0.05) is 6.92 Å². The Kier molecular flexibility index (Phi) is 5.37. The minimum absolute atomic E-state index is 0.00182. The van der Waals surface area contributed by atoms with E-state index in [2.05, 4.69) is 22.4 Å². The van der Waals surface area contributed by atoms with Crippen molar-refractivity contribution in [2.45, 2.75) is 50.9 Å². The lowest BCUT2D eigenvalue weighted by molar-refractivity contribution is -0.134. The van der Waals surface area contributed by atoms with E-state index < -0.39 is 5.95 Å². The van der Waals surface area contributed by atoms with Crippen LogP contribution in [0.2, 0.25) is 0 Å². The normalized spacial score (nSPS) is 39.6. The van der Waals surface area contributed by atoms with Crippen LogP contribution in [0, 0.1) is 17.8 Å². The molecule has 0 bridgehead atoms. The maximum absolute atomic E-state index is 13.8. The Hall–Kier alpha value is -1.84. The summed E-state index contributed by atoms with van der Waals surface area (Å²) in [7, 11) is 1.47. The van der Waals surface area contributed by atoms with Gasteiger partial charge in [0.05, 0.1) is 38.4 Å². The highest BCUT2D eigenvalue weighted by Gasteiger charge is 2.48. The van der Waals surface area contributed by atoms with Crippen LogP contribution in [0.15, 0.2) is 21.7 Å². The smallest absolute Gasteiger partial charge is 0.250 e. The molecular formula is C21H30FN5O3. The van der Waals surface area contributed by atoms with E-state index in [-0.39, 0.29) is 41.6 Å². The van der Waals surface area contributed by atoms with Crippen LogP contribution >= 0.6 is 0 Å². The van der Waals surface area contributed by atoms with Crippen LogP contribution in [-0.2, 0) is 14.3 Å². The first-order chi connectivity index (χ1) is 14.5. The van der Waals surface area contributed by atoms with Crippen molar-refractivity contribution in [3.8, 4) is 0 Å². The number of amides is 1. The second kappa shape index (κ2) is 8.01. The number of hydrazine groups is 1. The molecule has 6 atom stereocenters. The van der Waals surface area contributed by atoms with Gasteiger partial charge in [-0.05, 0) is 25.2 Å². The van der Waals surface area contributed by atoms with E-state index in [0.29, 0.717) is 19.0 Å². The van der Waals surface area contributed by atoms with E-state index in [1.54, 1.807) is 6.21 Å². The van der Waals surface area contributed by atoms with E-state index in [0.717, 1.165) is 44.7 Å². The lowest BCUT2D eigenvalue weighted by Crippen LogP contribution is -2.50. The summed E-state index contributed by atoms with van der Waals surface area (Å²) in [6, 6.07) is 0.398. The van der Waals surface area contributed by atoms with Crippen molar-refractivity contribution in [2.75, 3.05) is 33.4 Å².